The van der Waals surface area contributed by atoms with Crippen molar-refractivity contribution in [2.45, 2.75) is 50.5 Å². The summed E-state index contributed by atoms with van der Waals surface area (Å²) in [5, 5.41) is 3.30. The van der Waals surface area contributed by atoms with E-state index in [4.69, 9.17) is 0 Å². The second-order valence-corrected chi connectivity index (χ2v) is 6.93. The molecule has 28 heavy (non-hydrogen) atoms. The monoisotopic (exact) mass is 393 g/mol. The van der Waals surface area contributed by atoms with Crippen molar-refractivity contribution in [2.24, 2.45) is 0 Å². The van der Waals surface area contributed by atoms with Crippen molar-refractivity contribution in [1.29, 1.82) is 0 Å². The molecule has 3 nitrogen and oxygen atoms in total. The van der Waals surface area contributed by atoms with Gasteiger partial charge in [-0.05, 0) is 49.3 Å². The van der Waals surface area contributed by atoms with Crippen molar-refractivity contribution >= 4 is 5.82 Å². The summed E-state index contributed by atoms with van der Waals surface area (Å²) in [4.78, 5) is 6.54. The average Bonchev–Trinajstić information content (AvgIpc) is 2.81. The van der Waals surface area contributed by atoms with Crippen LogP contribution in [0.1, 0.15) is 61.3 Å². The Morgan fingerprint density at radius 2 is 1.61 bits per heavy atom. The van der Waals surface area contributed by atoms with E-state index in [1.165, 1.54) is 18.3 Å². The van der Waals surface area contributed by atoms with Crippen LogP contribution in [0.4, 0.5) is 23.4 Å². The van der Waals surface area contributed by atoms with Crippen LogP contribution in [-0.4, -0.2) is 16.0 Å². The number of benzene rings is 1. The molecule has 0 unspecified atom stereocenters. The quantitative estimate of drug-likeness (QED) is 0.566. The number of halogens is 4. The van der Waals surface area contributed by atoms with Crippen molar-refractivity contribution < 1.29 is 17.6 Å². The van der Waals surface area contributed by atoms with E-state index in [1.807, 2.05) is 0 Å². The highest BCUT2D eigenvalue weighted by molar-refractivity contribution is 5.35. The van der Waals surface area contributed by atoms with E-state index < -0.39 is 12.9 Å². The van der Waals surface area contributed by atoms with Crippen molar-refractivity contribution in [3.8, 4) is 0 Å². The van der Waals surface area contributed by atoms with Gasteiger partial charge in [0.25, 0.3) is 12.9 Å². The number of anilines is 1. The van der Waals surface area contributed by atoms with Gasteiger partial charge in [-0.15, -0.1) is 0 Å². The van der Waals surface area contributed by atoms with Gasteiger partial charge in [-0.2, -0.15) is 0 Å². The highest BCUT2D eigenvalue weighted by Crippen LogP contribution is 2.34. The molecule has 1 aromatic heterocycles. The predicted molar refractivity (Wildman–Crippen MR) is 101 cm³/mol. The first kappa shape index (κ1) is 20.2. The molecule has 2 N–H and O–H groups in total. The summed E-state index contributed by atoms with van der Waals surface area (Å²) in [6, 6.07) is 11.8. The fourth-order valence-corrected chi connectivity index (χ4v) is 3.50. The van der Waals surface area contributed by atoms with E-state index in [1.54, 1.807) is 30.3 Å². The summed E-state index contributed by atoms with van der Waals surface area (Å²) in [6.45, 7) is 0. The number of nitrogens with one attached hydrogen (secondary N) is 2. The van der Waals surface area contributed by atoms with E-state index in [0.29, 0.717) is 11.7 Å². The van der Waals surface area contributed by atoms with Crippen molar-refractivity contribution in [1.82, 2.24) is 9.97 Å². The number of hydrogen-bond donors (Lipinski definition) is 2. The van der Waals surface area contributed by atoms with Gasteiger partial charge >= 0.3 is 0 Å². The molecule has 0 radical (unpaired) electrons. The molecule has 0 saturated heterocycles. The van der Waals surface area contributed by atoms with Crippen LogP contribution < -0.4 is 5.32 Å². The summed E-state index contributed by atoms with van der Waals surface area (Å²) in [6.07, 6.45) is 1.04. The molecule has 1 aromatic carbocycles. The second kappa shape index (κ2) is 9.57. The first-order valence-corrected chi connectivity index (χ1v) is 9.33. The highest BCUT2D eigenvalue weighted by atomic mass is 19.3. The maximum absolute atomic E-state index is 13.1. The summed E-state index contributed by atoms with van der Waals surface area (Å²) in [7, 11) is 0. The van der Waals surface area contributed by atoms with Crippen LogP contribution in [-0.2, 0) is 0 Å². The number of hydrogen-bond acceptors (Lipinski definition) is 2. The van der Waals surface area contributed by atoms with Crippen molar-refractivity contribution in [2.75, 3.05) is 5.32 Å². The zero-order chi connectivity index (χ0) is 19.9. The minimum absolute atomic E-state index is 0.0391. The Balaban J connectivity index is 1.64. The van der Waals surface area contributed by atoms with E-state index >= 15 is 0 Å². The summed E-state index contributed by atoms with van der Waals surface area (Å²) in [5.41, 5.74) is 0.856. The van der Waals surface area contributed by atoms with Gasteiger partial charge in [-0.25, -0.2) is 17.6 Å². The van der Waals surface area contributed by atoms with Crippen LogP contribution in [0.3, 0.4) is 0 Å². The number of rotatable bonds is 5. The topological polar surface area (TPSA) is 40.7 Å². The minimum Gasteiger partial charge on any atom is -0.369 e. The van der Waals surface area contributed by atoms with Crippen molar-refractivity contribution in [3.63, 3.8) is 0 Å². The molecule has 3 rings (SSSR count). The molecular weight excluding hydrogens is 370 g/mol. The van der Waals surface area contributed by atoms with Gasteiger partial charge in [0.05, 0.1) is 6.20 Å². The first-order chi connectivity index (χ1) is 13.5. The summed E-state index contributed by atoms with van der Waals surface area (Å²) >= 11 is 0. The third-order valence-corrected chi connectivity index (χ3v) is 5.02. The molecule has 7 heteroatoms. The molecule has 1 saturated carbocycles. The lowest BCUT2D eigenvalue weighted by Crippen LogP contribution is -2.25. The molecule has 0 aliphatic heterocycles. The summed E-state index contributed by atoms with van der Waals surface area (Å²) < 4.78 is 51.6. The summed E-state index contributed by atoms with van der Waals surface area (Å²) in [5.74, 6) is 0.843. The van der Waals surface area contributed by atoms with Crippen LogP contribution >= 0.6 is 0 Å². The lowest BCUT2D eigenvalue weighted by Gasteiger charge is -2.30. The third kappa shape index (κ3) is 5.47. The fraction of sp³-hybridized carbons (Fsp3) is 0.381. The molecule has 1 aliphatic rings. The predicted octanol–water partition coefficient (Wildman–Crippen LogP) is 6.55. The lowest BCUT2D eigenvalue weighted by molar-refractivity contribution is 0.146. The number of H-pyrrole nitrogens is 1. The van der Waals surface area contributed by atoms with Crippen molar-refractivity contribution in [3.05, 3.63) is 71.7 Å². The highest BCUT2D eigenvalue weighted by Gasteiger charge is 2.23. The Hall–Kier alpha value is -2.57. The Morgan fingerprint density at radius 3 is 2.25 bits per heavy atom. The molecule has 1 fully saturated rings. The lowest BCUT2D eigenvalue weighted by atomic mass is 9.81. The first-order valence-electron chi connectivity index (χ1n) is 9.33. The Labute approximate surface area is 161 Å². The Kier molecular flexibility index (Phi) is 6.90. The van der Waals surface area contributed by atoms with E-state index in [-0.39, 0.29) is 17.3 Å². The van der Waals surface area contributed by atoms with E-state index in [0.717, 1.165) is 37.4 Å². The van der Waals surface area contributed by atoms with Gasteiger partial charge in [0, 0.05) is 17.8 Å². The van der Waals surface area contributed by atoms with Crippen LogP contribution in [0.2, 0.25) is 0 Å². The number of nitrogens with zero attached hydrogens (tertiary/aromatic N) is 1. The fourth-order valence-electron chi connectivity index (χ4n) is 3.50. The minimum atomic E-state index is -2.65. The van der Waals surface area contributed by atoms with E-state index in [2.05, 4.69) is 15.3 Å². The average molecular weight is 393 g/mol. The Bertz CT molecular complexity index is 795. The van der Waals surface area contributed by atoms with Gasteiger partial charge in [-0.1, -0.05) is 30.3 Å². The Morgan fingerprint density at radius 1 is 0.893 bits per heavy atom. The molecule has 0 atom stereocenters. The molecule has 1 heterocycles. The molecule has 2 aromatic rings. The standard InChI is InChI=1S/C21H23F4N3/c22-20(23)16-6-4-14(5-7-16)15-8-10-17(11-9-15)27-19-3-1-2-12-26-13-18(28-19)21(24)25/h1-7,12-13,15,17,20-21,27-28H,8-11H2. The van der Waals surface area contributed by atoms with Gasteiger partial charge in [-0.3, -0.25) is 4.98 Å². The van der Waals surface area contributed by atoms with Gasteiger partial charge < -0.3 is 10.3 Å². The largest absolute Gasteiger partial charge is 0.369 e. The normalized spacial score (nSPS) is 19.5. The maximum Gasteiger partial charge on any atom is 0.279 e. The zero-order valence-electron chi connectivity index (χ0n) is 15.3. The zero-order valence-corrected chi connectivity index (χ0v) is 15.3. The molecule has 150 valence electrons. The van der Waals surface area contributed by atoms with Crippen LogP contribution in [0.25, 0.3) is 0 Å². The molecule has 0 bridgehead atoms. The smallest absolute Gasteiger partial charge is 0.279 e. The maximum atomic E-state index is 13.1. The van der Waals surface area contributed by atoms with Gasteiger partial charge in [0.15, 0.2) is 0 Å². The SMILES string of the molecule is FC(F)c1ccc(C2CCC(Nc3ccccncc(C(F)F)[nH]3)CC2)cc1. The molecular formula is C21H23F4N3. The van der Waals surface area contributed by atoms with Crippen LogP contribution in [0.15, 0.2) is 54.9 Å². The van der Waals surface area contributed by atoms with Crippen LogP contribution in [0, 0.1) is 0 Å². The molecule has 0 spiro atoms. The number of aromatic nitrogens is 2. The molecule has 0 amide bonds. The van der Waals surface area contributed by atoms with Gasteiger partial charge in [0.1, 0.15) is 11.5 Å². The van der Waals surface area contributed by atoms with Crippen LogP contribution in [0.5, 0.6) is 0 Å². The second-order valence-electron chi connectivity index (χ2n) is 6.93. The molecule has 1 aliphatic carbocycles. The third-order valence-electron chi connectivity index (χ3n) is 5.02. The van der Waals surface area contributed by atoms with Gasteiger partial charge in [0.2, 0.25) is 0 Å². The number of alkyl halides is 4. The number of aromatic amines is 1. The van der Waals surface area contributed by atoms with E-state index in [9.17, 15) is 17.6 Å².